The minimum absolute atomic E-state index is 0.0136. The number of sulfonamides is 1. The predicted octanol–water partition coefficient (Wildman–Crippen LogP) is 6.89. The third kappa shape index (κ3) is 10.3. The Kier molecular flexibility index (Phi) is 13.0. The van der Waals surface area contributed by atoms with Gasteiger partial charge in [0, 0.05) is 41.8 Å². The number of methoxy groups -OCH3 is 1. The van der Waals surface area contributed by atoms with Gasteiger partial charge in [0.2, 0.25) is 11.8 Å². The number of amides is 4. The smallest absolute Gasteiger partial charge is 0.416 e. The fourth-order valence-corrected chi connectivity index (χ4v) is 10.3. The number of nitrogens with zero attached hydrogens (tertiary/aromatic N) is 2. The number of benzene rings is 4. The van der Waals surface area contributed by atoms with Gasteiger partial charge in [-0.15, -0.1) is 0 Å². The number of rotatable bonds is 9. The van der Waals surface area contributed by atoms with E-state index in [0.29, 0.717) is 64.4 Å². The van der Waals surface area contributed by atoms with Crippen LogP contribution in [-0.2, 0) is 41.7 Å². The summed E-state index contributed by atoms with van der Waals surface area (Å²) in [7, 11) is -3.38. The highest BCUT2D eigenvalue weighted by Crippen LogP contribution is 2.46. The lowest BCUT2D eigenvalue weighted by Gasteiger charge is -2.30. The number of fused-ring (bicyclic) bond motifs is 5. The summed E-state index contributed by atoms with van der Waals surface area (Å²) in [6.07, 6.45) is -0.857. The topological polar surface area (TPSA) is 192 Å². The molecule has 1 saturated heterocycles. The van der Waals surface area contributed by atoms with Gasteiger partial charge in [0.15, 0.2) is 0 Å². The number of aromatic nitrogens is 1. The lowest BCUT2D eigenvalue weighted by atomic mass is 10.0. The fourth-order valence-electron chi connectivity index (χ4n) is 9.20. The molecule has 2 aliphatic carbocycles. The number of hydrogen-bond donors (Lipinski definition) is 3. The van der Waals surface area contributed by atoms with Gasteiger partial charge in [-0.05, 0) is 80.1 Å². The molecule has 360 valence electrons. The molecule has 3 N–H and O–H groups in total. The Morgan fingerprint density at radius 3 is 2.48 bits per heavy atom. The Balaban J connectivity index is 1.08. The zero-order chi connectivity index (χ0) is 48.5. The lowest BCUT2D eigenvalue weighted by Crippen LogP contribution is -2.58. The van der Waals surface area contributed by atoms with Gasteiger partial charge in [-0.3, -0.25) is 14.4 Å². The first kappa shape index (κ1) is 46.9. The van der Waals surface area contributed by atoms with E-state index >= 15 is 4.79 Å². The van der Waals surface area contributed by atoms with E-state index in [1.807, 2.05) is 35.1 Å². The molecule has 0 radical (unpaired) electrons. The van der Waals surface area contributed by atoms with E-state index in [0.717, 1.165) is 30.5 Å². The number of nitrogens with one attached hydrogen (secondary N) is 3. The van der Waals surface area contributed by atoms with Crippen molar-refractivity contribution in [2.75, 3.05) is 20.3 Å². The Bertz CT molecular complexity index is 2930. The molecule has 9 rings (SSSR count). The second-order valence-electron chi connectivity index (χ2n) is 17.6. The average molecular weight is 968 g/mol. The predicted molar refractivity (Wildman–Crippen MR) is 244 cm³/mol. The van der Waals surface area contributed by atoms with Crippen molar-refractivity contribution in [3.63, 3.8) is 0 Å². The van der Waals surface area contributed by atoms with Crippen molar-refractivity contribution < 1.29 is 59.7 Å². The number of ether oxygens (including phenoxy) is 4. The number of pyridine rings is 1. The van der Waals surface area contributed by atoms with Crippen LogP contribution >= 0.6 is 0 Å². The van der Waals surface area contributed by atoms with Crippen LogP contribution in [0.1, 0.15) is 49.7 Å². The maximum atomic E-state index is 15.1. The molecular formula is C50H48F3N5O10S. The van der Waals surface area contributed by atoms with Crippen LogP contribution in [0.3, 0.4) is 0 Å². The van der Waals surface area contributed by atoms with Crippen LogP contribution in [0, 0.1) is 5.92 Å². The first-order chi connectivity index (χ1) is 33.1. The maximum Gasteiger partial charge on any atom is 0.416 e. The third-order valence-electron chi connectivity index (χ3n) is 12.9. The van der Waals surface area contributed by atoms with E-state index in [9.17, 15) is 36.0 Å². The molecule has 2 aliphatic heterocycles. The first-order valence-electron chi connectivity index (χ1n) is 22.5. The van der Waals surface area contributed by atoms with Gasteiger partial charge in [-0.25, -0.2) is 22.9 Å². The van der Waals surface area contributed by atoms with Gasteiger partial charge >= 0.3 is 12.3 Å². The number of carbonyl (C=O) groups excluding carboxylic acids is 4. The Hall–Kier alpha value is -7.15. The van der Waals surface area contributed by atoms with Crippen molar-refractivity contribution in [2.45, 2.75) is 85.8 Å². The van der Waals surface area contributed by atoms with Gasteiger partial charge in [0.1, 0.15) is 53.7 Å². The van der Waals surface area contributed by atoms with Crippen molar-refractivity contribution >= 4 is 44.7 Å². The molecule has 5 aromatic rings. The van der Waals surface area contributed by atoms with Gasteiger partial charge in [-0.2, -0.15) is 13.2 Å². The van der Waals surface area contributed by atoms with Crippen LogP contribution in [0.4, 0.5) is 18.0 Å². The SMILES string of the molecule is COc1ccc2c(O[C@@H]3C[C@H]4C(=O)N[C@@]5(C(=O)NS(=O)(=O)c6cccc(C(F)(F)F)c6)CC5/C=C\COc5cccc(c5)C[C@@H](NC(=O)OC5CCCC5)C(=O)N4C3)cc(-c3ccccc3)nc2c1. The minimum Gasteiger partial charge on any atom is -0.497 e. The lowest BCUT2D eigenvalue weighted by molar-refractivity contribution is -0.141. The number of alkyl halides is 3. The Morgan fingerprint density at radius 1 is 0.928 bits per heavy atom. The fraction of sp³-hybridized carbons (Fsp3) is 0.340. The quantitative estimate of drug-likeness (QED) is 0.131. The normalized spacial score (nSPS) is 23.4. The summed E-state index contributed by atoms with van der Waals surface area (Å²) < 4.78 is 93.8. The van der Waals surface area contributed by atoms with Gasteiger partial charge in [0.25, 0.3) is 15.9 Å². The third-order valence-corrected chi connectivity index (χ3v) is 14.2. The number of carbonyl (C=O) groups is 4. The summed E-state index contributed by atoms with van der Waals surface area (Å²) >= 11 is 0. The molecule has 1 aromatic heterocycles. The van der Waals surface area contributed by atoms with Gasteiger partial charge < -0.3 is 34.5 Å². The van der Waals surface area contributed by atoms with E-state index in [1.165, 1.54) is 12.0 Å². The van der Waals surface area contributed by atoms with E-state index in [4.69, 9.17) is 23.9 Å². The molecular weight excluding hydrogens is 920 g/mol. The minimum atomic E-state index is -4.91. The molecule has 69 heavy (non-hydrogen) atoms. The molecule has 3 heterocycles. The van der Waals surface area contributed by atoms with Crippen molar-refractivity contribution in [3.8, 4) is 28.5 Å². The molecule has 5 atom stereocenters. The van der Waals surface area contributed by atoms with Crippen LogP contribution in [0.5, 0.6) is 17.2 Å². The van der Waals surface area contributed by atoms with Crippen molar-refractivity contribution in [1.29, 1.82) is 0 Å². The van der Waals surface area contributed by atoms with Gasteiger partial charge in [-0.1, -0.05) is 60.7 Å². The molecule has 4 amide bonds. The average Bonchev–Trinajstić information content (AvgIpc) is 3.57. The van der Waals surface area contributed by atoms with Crippen LogP contribution in [-0.4, -0.2) is 92.2 Å². The van der Waals surface area contributed by atoms with E-state index in [2.05, 4.69) is 10.6 Å². The second-order valence-corrected chi connectivity index (χ2v) is 19.2. The Labute approximate surface area is 395 Å². The highest BCUT2D eigenvalue weighted by Gasteiger charge is 2.62. The van der Waals surface area contributed by atoms with E-state index in [-0.39, 0.29) is 38.5 Å². The summed E-state index contributed by atoms with van der Waals surface area (Å²) in [4.78, 5) is 63.1. The highest BCUT2D eigenvalue weighted by atomic mass is 32.2. The molecule has 3 fully saturated rings. The summed E-state index contributed by atoms with van der Waals surface area (Å²) in [5, 5.41) is 6.11. The van der Waals surface area contributed by atoms with Gasteiger partial charge in [0.05, 0.1) is 35.3 Å². The van der Waals surface area contributed by atoms with E-state index in [1.54, 1.807) is 60.7 Å². The summed E-state index contributed by atoms with van der Waals surface area (Å²) in [6.45, 7) is -0.191. The first-order valence-corrected chi connectivity index (χ1v) is 24.0. The number of halogens is 3. The molecule has 2 saturated carbocycles. The summed E-state index contributed by atoms with van der Waals surface area (Å²) in [6, 6.07) is 23.6. The second kappa shape index (κ2) is 19.1. The van der Waals surface area contributed by atoms with Crippen LogP contribution in [0.25, 0.3) is 22.2 Å². The summed E-state index contributed by atoms with van der Waals surface area (Å²) in [5.74, 6) is -2.18. The molecule has 4 aliphatic rings. The zero-order valence-corrected chi connectivity index (χ0v) is 38.1. The monoisotopic (exact) mass is 967 g/mol. The van der Waals surface area contributed by atoms with E-state index < -0.39 is 80.1 Å². The molecule has 2 bridgehead atoms. The highest BCUT2D eigenvalue weighted by molar-refractivity contribution is 7.90. The van der Waals surface area contributed by atoms with Crippen LogP contribution < -0.4 is 29.6 Å². The zero-order valence-electron chi connectivity index (χ0n) is 37.2. The molecule has 19 heteroatoms. The molecule has 4 aromatic carbocycles. The Morgan fingerprint density at radius 2 is 1.71 bits per heavy atom. The standard InChI is InChI=1S/C50H48F3N5O10S/c1-65-35-19-20-39-41(25-35)54-40(31-11-3-2-4-12-31)27-44(39)67-37-26-43-45(59)56-49(47(61)57-69(63,64)38-18-8-13-32(24-38)50(51,52)53)28-33(49)14-9-21-66-36-17-7-10-30(22-36)23-42(46(60)58(43)29-37)55-48(62)68-34-15-5-6-16-34/h2-4,7-14,17-20,22,24-25,27,33-34,37,42-43H,5-6,15-16,21,23,26,28-29H2,1H3,(H,55,62)(H,56,59)(H,57,61)/b14-9-/t33?,37-,42-,43+,49+/m1/s1. The molecule has 1 unspecified atom stereocenters. The van der Waals surface area contributed by atoms with Crippen LogP contribution in [0.2, 0.25) is 0 Å². The summed E-state index contributed by atoms with van der Waals surface area (Å²) in [5.41, 5.74) is -0.647. The van der Waals surface area contributed by atoms with Crippen molar-refractivity contribution in [2.24, 2.45) is 5.92 Å². The molecule has 15 nitrogen and oxygen atoms in total. The van der Waals surface area contributed by atoms with Crippen LogP contribution in [0.15, 0.2) is 120 Å². The maximum absolute atomic E-state index is 15.1. The number of alkyl carbamates (subject to hydrolysis) is 1. The largest absolute Gasteiger partial charge is 0.497 e. The van der Waals surface area contributed by atoms with Crippen molar-refractivity contribution in [1.82, 2.24) is 25.2 Å². The van der Waals surface area contributed by atoms with Crippen molar-refractivity contribution in [3.05, 3.63) is 126 Å². The number of hydrogen-bond acceptors (Lipinski definition) is 11. The molecule has 0 spiro atoms.